The Kier molecular flexibility index (Phi) is 21.0. The second-order valence-corrected chi connectivity index (χ2v) is 4.99. The third-order valence-corrected chi connectivity index (χ3v) is 3.04. The van der Waals surface area contributed by atoms with Crippen molar-refractivity contribution in [3.05, 3.63) is 36.5 Å². The summed E-state index contributed by atoms with van der Waals surface area (Å²) in [5, 5.41) is 8.50. The summed E-state index contributed by atoms with van der Waals surface area (Å²) < 4.78 is 0. The Hall–Kier alpha value is -0.570. The molecule has 3 heteroatoms. The maximum atomic E-state index is 10.3. The normalized spacial score (nSPS) is 11.5. The van der Waals surface area contributed by atoms with Crippen LogP contribution in [0.25, 0.3) is 0 Å². The van der Waals surface area contributed by atoms with E-state index in [1.807, 2.05) is 0 Å². The molecule has 21 heavy (non-hydrogen) atoms. The minimum absolute atomic E-state index is 0. The zero-order chi connectivity index (χ0) is 14.9. The average Bonchev–Trinajstić information content (AvgIpc) is 2.43. The predicted octanol–water partition coefficient (Wildman–Crippen LogP) is 5.66. The van der Waals surface area contributed by atoms with Gasteiger partial charge in [-0.15, -0.1) is 0 Å². The van der Waals surface area contributed by atoms with E-state index < -0.39 is 5.97 Å². The van der Waals surface area contributed by atoms with Crippen LogP contribution < -0.4 is 0 Å². The molecule has 1 radical (unpaired) electrons. The van der Waals surface area contributed by atoms with Gasteiger partial charge in [-0.05, 0) is 38.5 Å². The van der Waals surface area contributed by atoms with Crippen molar-refractivity contribution in [3.8, 4) is 0 Å². The fourth-order valence-electron chi connectivity index (χ4n) is 1.90. The summed E-state index contributed by atoms with van der Waals surface area (Å²) in [5.41, 5.74) is 0. The van der Waals surface area contributed by atoms with Crippen molar-refractivity contribution in [2.75, 3.05) is 0 Å². The molecule has 0 bridgehead atoms. The number of unbranched alkanes of at least 4 members (excludes halogenated alkanes) is 5. The number of carboxylic acids is 1. The molecule has 0 aliphatic heterocycles. The van der Waals surface area contributed by atoms with Gasteiger partial charge in [0.1, 0.15) is 0 Å². The van der Waals surface area contributed by atoms with Gasteiger partial charge in [0.15, 0.2) is 0 Å². The van der Waals surface area contributed by atoms with E-state index >= 15 is 0 Å². The number of carboxylic acid groups (broad SMARTS) is 1. The molecule has 0 aromatic carbocycles. The molecule has 0 unspecified atom stereocenters. The molecule has 0 aliphatic carbocycles. The van der Waals surface area contributed by atoms with Crippen molar-refractivity contribution >= 4 is 5.97 Å². The first-order chi connectivity index (χ1) is 9.77. The Labute approximate surface area is 145 Å². The van der Waals surface area contributed by atoms with Gasteiger partial charge in [-0.25, -0.2) is 0 Å². The Bertz CT molecular complexity index is 306. The number of rotatable bonds is 13. The Morgan fingerprint density at radius 1 is 0.810 bits per heavy atom. The summed E-state index contributed by atoms with van der Waals surface area (Å²) in [7, 11) is 0. The van der Waals surface area contributed by atoms with Crippen LogP contribution in [0.5, 0.6) is 0 Å². The van der Waals surface area contributed by atoms with Crippen LogP contribution in [-0.2, 0) is 27.2 Å². The topological polar surface area (TPSA) is 37.3 Å². The first-order valence-corrected chi connectivity index (χ1v) is 7.94. The van der Waals surface area contributed by atoms with Crippen molar-refractivity contribution < 1.29 is 32.3 Å². The number of hydrogen-bond acceptors (Lipinski definition) is 1. The molecule has 0 amide bonds. The zero-order valence-electron chi connectivity index (χ0n) is 13.2. The van der Waals surface area contributed by atoms with E-state index in [0.717, 1.165) is 44.9 Å². The van der Waals surface area contributed by atoms with Crippen molar-refractivity contribution in [3.63, 3.8) is 0 Å². The summed E-state index contributed by atoms with van der Waals surface area (Å²) in [6, 6.07) is 0. The largest absolute Gasteiger partial charge is 0.481 e. The van der Waals surface area contributed by atoms with E-state index in [-0.39, 0.29) is 22.4 Å². The molecule has 0 atom stereocenters. The molecular formula is C18H30AuO2. The smallest absolute Gasteiger partial charge is 0.303 e. The zero-order valence-corrected chi connectivity index (χ0v) is 15.4. The standard InChI is InChI=1S/C18H30O2.Au/c1-2-3-4-5-6-7-8-9-10-11-12-13-14-15-16-17-18(19)20;/h3-4,6-7,9-10H,2,5,8,11-17H2,1H3,(H,19,20);/b4-3-,7-6-,10-9-;. The van der Waals surface area contributed by atoms with Crippen molar-refractivity contribution in [2.24, 2.45) is 0 Å². The van der Waals surface area contributed by atoms with Gasteiger partial charge < -0.3 is 5.11 Å². The molecule has 0 saturated carbocycles. The molecule has 0 spiro atoms. The second kappa shape index (κ2) is 19.4. The molecule has 2 nitrogen and oxygen atoms in total. The molecule has 125 valence electrons. The molecule has 0 heterocycles. The Balaban J connectivity index is 0. The van der Waals surface area contributed by atoms with E-state index in [1.165, 1.54) is 12.8 Å². The van der Waals surface area contributed by atoms with E-state index in [9.17, 15) is 4.79 Å². The molecule has 0 rings (SSSR count). The van der Waals surface area contributed by atoms with E-state index in [4.69, 9.17) is 5.11 Å². The Morgan fingerprint density at radius 3 is 1.95 bits per heavy atom. The van der Waals surface area contributed by atoms with Gasteiger partial charge in [0.25, 0.3) is 0 Å². The van der Waals surface area contributed by atoms with E-state index in [2.05, 4.69) is 43.4 Å². The monoisotopic (exact) mass is 475 g/mol. The van der Waals surface area contributed by atoms with Gasteiger partial charge in [0, 0.05) is 28.8 Å². The first kappa shape index (κ1) is 22.7. The first-order valence-electron chi connectivity index (χ1n) is 7.94. The quantitative estimate of drug-likeness (QED) is 0.212. The van der Waals surface area contributed by atoms with Crippen LogP contribution in [-0.4, -0.2) is 11.1 Å². The maximum absolute atomic E-state index is 10.3. The van der Waals surface area contributed by atoms with Crippen LogP contribution in [0.15, 0.2) is 36.5 Å². The average molecular weight is 475 g/mol. The van der Waals surface area contributed by atoms with Crippen molar-refractivity contribution in [1.29, 1.82) is 0 Å². The summed E-state index contributed by atoms with van der Waals surface area (Å²) in [4.78, 5) is 10.3. The van der Waals surface area contributed by atoms with Crippen LogP contribution in [0.1, 0.15) is 71.1 Å². The van der Waals surface area contributed by atoms with Crippen LogP contribution in [0.3, 0.4) is 0 Å². The maximum Gasteiger partial charge on any atom is 0.303 e. The van der Waals surface area contributed by atoms with Gasteiger partial charge in [-0.1, -0.05) is 62.6 Å². The molecule has 0 saturated heterocycles. The molecule has 0 aromatic heterocycles. The molecule has 0 aromatic rings. The van der Waals surface area contributed by atoms with Gasteiger partial charge in [-0.3, -0.25) is 4.79 Å². The third-order valence-electron chi connectivity index (χ3n) is 3.04. The number of carbonyl (C=O) groups is 1. The molecule has 0 aliphatic rings. The summed E-state index contributed by atoms with van der Waals surface area (Å²) in [5.74, 6) is -0.675. The summed E-state index contributed by atoms with van der Waals surface area (Å²) in [6.07, 6.45) is 23.4. The van der Waals surface area contributed by atoms with Crippen molar-refractivity contribution in [2.45, 2.75) is 71.1 Å². The second-order valence-electron chi connectivity index (χ2n) is 4.99. The van der Waals surface area contributed by atoms with Crippen LogP contribution in [0.4, 0.5) is 0 Å². The van der Waals surface area contributed by atoms with Gasteiger partial charge in [0.05, 0.1) is 0 Å². The molecule has 0 fully saturated rings. The van der Waals surface area contributed by atoms with Crippen molar-refractivity contribution in [1.82, 2.24) is 0 Å². The number of allylic oxidation sites excluding steroid dienone is 6. The van der Waals surface area contributed by atoms with Crippen LogP contribution >= 0.6 is 0 Å². The summed E-state index contributed by atoms with van der Waals surface area (Å²) in [6.45, 7) is 2.15. The van der Waals surface area contributed by atoms with E-state index in [1.54, 1.807) is 0 Å². The number of aliphatic carboxylic acids is 1. The Morgan fingerprint density at radius 2 is 1.33 bits per heavy atom. The number of hydrogen-bond donors (Lipinski definition) is 1. The minimum atomic E-state index is -0.675. The minimum Gasteiger partial charge on any atom is -0.481 e. The fraction of sp³-hybridized carbons (Fsp3) is 0.611. The van der Waals surface area contributed by atoms with Gasteiger partial charge in [-0.2, -0.15) is 0 Å². The van der Waals surface area contributed by atoms with Crippen LogP contribution in [0, 0.1) is 0 Å². The van der Waals surface area contributed by atoms with Gasteiger partial charge in [0.2, 0.25) is 0 Å². The SMILES string of the molecule is CC/C=C\C/C=C\C/C=C\CCCCCCCC(=O)O.[Au]. The molecular weight excluding hydrogens is 445 g/mol. The predicted molar refractivity (Wildman–Crippen MR) is 86.9 cm³/mol. The molecule has 1 N–H and O–H groups in total. The van der Waals surface area contributed by atoms with Crippen LogP contribution in [0.2, 0.25) is 0 Å². The fourth-order valence-corrected chi connectivity index (χ4v) is 1.90. The third kappa shape index (κ3) is 21.9. The van der Waals surface area contributed by atoms with E-state index in [0.29, 0.717) is 6.42 Å². The summed E-state index contributed by atoms with van der Waals surface area (Å²) >= 11 is 0. The van der Waals surface area contributed by atoms with Gasteiger partial charge >= 0.3 is 5.97 Å².